The van der Waals surface area contributed by atoms with E-state index in [2.05, 4.69) is 30.7 Å². The van der Waals surface area contributed by atoms with Crippen molar-refractivity contribution >= 4 is 39.4 Å². The van der Waals surface area contributed by atoms with E-state index in [4.69, 9.17) is 4.74 Å². The number of anilines is 2. The van der Waals surface area contributed by atoms with Crippen LogP contribution in [0, 0.1) is 6.92 Å². The highest BCUT2D eigenvalue weighted by molar-refractivity contribution is 7.21. The molecule has 0 aromatic carbocycles. The Balaban J connectivity index is 1.27. The van der Waals surface area contributed by atoms with Crippen molar-refractivity contribution in [1.29, 1.82) is 0 Å². The van der Waals surface area contributed by atoms with Crippen LogP contribution in [0.1, 0.15) is 41.7 Å². The van der Waals surface area contributed by atoms with Gasteiger partial charge in [-0.1, -0.05) is 12.8 Å². The van der Waals surface area contributed by atoms with Crippen LogP contribution >= 0.6 is 11.3 Å². The van der Waals surface area contributed by atoms with E-state index in [-0.39, 0.29) is 11.8 Å². The number of fused-ring (bicyclic) bond motifs is 1. The molecule has 5 rings (SSSR count). The molecule has 1 fully saturated rings. The number of aryl methyl sites for hydroxylation is 1. The molecule has 38 heavy (non-hydrogen) atoms. The van der Waals surface area contributed by atoms with Crippen molar-refractivity contribution in [3.63, 3.8) is 0 Å². The maximum absolute atomic E-state index is 13.2. The smallest absolute Gasteiger partial charge is 0.260 e. The zero-order valence-electron chi connectivity index (χ0n) is 21.6. The summed E-state index contributed by atoms with van der Waals surface area (Å²) in [5, 5.41) is 14.6. The number of thiazole rings is 1. The lowest BCUT2D eigenvalue weighted by atomic mass is 10.2. The molecule has 0 bridgehead atoms. The van der Waals surface area contributed by atoms with Crippen LogP contribution in [0.4, 0.5) is 11.4 Å². The van der Waals surface area contributed by atoms with E-state index in [0.717, 1.165) is 41.2 Å². The van der Waals surface area contributed by atoms with Crippen LogP contribution in [0.15, 0.2) is 37.1 Å². The highest BCUT2D eigenvalue weighted by Crippen LogP contribution is 2.31. The molecule has 0 aliphatic carbocycles. The fourth-order valence-corrected chi connectivity index (χ4v) is 5.52. The molecule has 0 spiro atoms. The predicted molar refractivity (Wildman–Crippen MR) is 147 cm³/mol. The fraction of sp³-hybridized carbons (Fsp3) is 0.423. The number of pyridine rings is 1. The number of hydrogen-bond donors (Lipinski definition) is 2. The van der Waals surface area contributed by atoms with Crippen molar-refractivity contribution < 1.29 is 14.3 Å². The van der Waals surface area contributed by atoms with E-state index in [1.54, 1.807) is 36.3 Å². The van der Waals surface area contributed by atoms with Crippen molar-refractivity contribution in [2.45, 2.75) is 39.2 Å². The van der Waals surface area contributed by atoms with Gasteiger partial charge in [-0.05, 0) is 38.9 Å². The van der Waals surface area contributed by atoms with E-state index < -0.39 is 0 Å². The van der Waals surface area contributed by atoms with Crippen molar-refractivity contribution in [2.24, 2.45) is 0 Å². The van der Waals surface area contributed by atoms with Gasteiger partial charge in [-0.2, -0.15) is 10.2 Å². The minimum Gasteiger partial charge on any atom is -0.383 e. The van der Waals surface area contributed by atoms with E-state index in [1.165, 1.54) is 24.2 Å². The summed E-state index contributed by atoms with van der Waals surface area (Å²) in [7, 11) is 1.66. The summed E-state index contributed by atoms with van der Waals surface area (Å²) in [6, 6.07) is 1.75. The molecule has 1 aliphatic rings. The number of ether oxygens (including phenoxy) is 1. The van der Waals surface area contributed by atoms with Crippen LogP contribution in [0.2, 0.25) is 0 Å². The highest BCUT2D eigenvalue weighted by atomic mass is 32.1. The maximum atomic E-state index is 13.2. The lowest BCUT2D eigenvalue weighted by Gasteiger charge is -2.19. The number of methoxy groups -OCH3 is 1. The van der Waals surface area contributed by atoms with Gasteiger partial charge in [0.1, 0.15) is 4.83 Å². The Morgan fingerprint density at radius 3 is 2.66 bits per heavy atom. The SMILES string of the molecule is COCCn1cc(-c2cn3ncc(C(=O)Nc4cc(NC(=O)CN5CCCCCC5)cnc4C)c3s2)cn1. The number of nitrogens with zero attached hydrogens (tertiary/aromatic N) is 6. The Bertz CT molecular complexity index is 1420. The quantitative estimate of drug-likeness (QED) is 0.335. The lowest BCUT2D eigenvalue weighted by molar-refractivity contribution is -0.117. The minimum absolute atomic E-state index is 0.0789. The van der Waals surface area contributed by atoms with Gasteiger partial charge in [-0.3, -0.25) is 24.2 Å². The minimum atomic E-state index is -0.290. The van der Waals surface area contributed by atoms with Crippen LogP contribution in [-0.2, 0) is 16.1 Å². The third kappa shape index (κ3) is 6.09. The fourth-order valence-electron chi connectivity index (χ4n) is 4.49. The number of amides is 2. The third-order valence-corrected chi connectivity index (χ3v) is 7.73. The molecule has 4 aromatic heterocycles. The first-order chi connectivity index (χ1) is 18.5. The molecule has 0 unspecified atom stereocenters. The van der Waals surface area contributed by atoms with E-state index >= 15 is 0 Å². The predicted octanol–water partition coefficient (Wildman–Crippen LogP) is 3.68. The number of likely N-dealkylation sites (tertiary alicyclic amines) is 1. The monoisotopic (exact) mass is 536 g/mol. The van der Waals surface area contributed by atoms with Gasteiger partial charge in [0.15, 0.2) is 0 Å². The number of carbonyl (C=O) groups excluding carboxylic acids is 2. The summed E-state index contributed by atoms with van der Waals surface area (Å²) in [5.74, 6) is -0.369. The molecular formula is C26H32N8O3S. The van der Waals surface area contributed by atoms with Crippen LogP contribution in [-0.4, -0.2) is 74.4 Å². The summed E-state index contributed by atoms with van der Waals surface area (Å²) in [6.45, 7) is 5.31. The number of nitrogens with one attached hydrogen (secondary N) is 2. The van der Waals surface area contributed by atoms with Gasteiger partial charge < -0.3 is 15.4 Å². The average Bonchev–Trinajstić information content (AvgIpc) is 3.57. The van der Waals surface area contributed by atoms with E-state index in [0.29, 0.717) is 42.3 Å². The molecule has 11 nitrogen and oxygen atoms in total. The normalized spacial score (nSPS) is 14.5. The first-order valence-electron chi connectivity index (χ1n) is 12.8. The van der Waals surface area contributed by atoms with Crippen molar-refractivity contribution in [3.8, 4) is 10.4 Å². The van der Waals surface area contributed by atoms with Crippen LogP contribution in [0.5, 0.6) is 0 Å². The van der Waals surface area contributed by atoms with E-state index in [1.807, 2.05) is 24.0 Å². The first-order valence-corrected chi connectivity index (χ1v) is 13.6. The summed E-state index contributed by atoms with van der Waals surface area (Å²) in [4.78, 5) is 34.1. The zero-order chi connectivity index (χ0) is 26.5. The average molecular weight is 537 g/mol. The summed E-state index contributed by atoms with van der Waals surface area (Å²) >= 11 is 1.47. The van der Waals surface area contributed by atoms with Crippen molar-refractivity contribution in [3.05, 3.63) is 48.3 Å². The van der Waals surface area contributed by atoms with Gasteiger partial charge in [0.25, 0.3) is 5.91 Å². The van der Waals surface area contributed by atoms with Gasteiger partial charge in [0.2, 0.25) is 5.91 Å². The standard InChI is InChI=1S/C26H32N8O3S/c1-18-22(11-20(13-27-18)30-24(35)17-32-7-5-3-4-6-8-32)31-25(36)21-14-29-34-16-23(38-26(21)34)19-12-28-33(15-19)9-10-37-2/h11-16H,3-10,17H2,1-2H3,(H,30,35)(H,31,36). The molecule has 1 saturated heterocycles. The number of hydrogen-bond acceptors (Lipinski definition) is 8. The number of rotatable bonds is 9. The van der Waals surface area contributed by atoms with Gasteiger partial charge in [0, 0.05) is 25.1 Å². The molecule has 4 aromatic rings. The Labute approximate surface area is 224 Å². The number of carbonyl (C=O) groups is 2. The second kappa shape index (κ2) is 11.8. The molecule has 0 atom stereocenters. The Hall–Kier alpha value is -3.61. The van der Waals surface area contributed by atoms with Crippen molar-refractivity contribution in [1.82, 2.24) is 29.3 Å². The van der Waals surface area contributed by atoms with Crippen LogP contribution in [0.25, 0.3) is 15.3 Å². The summed E-state index contributed by atoms with van der Waals surface area (Å²) in [5.41, 5.74) is 3.16. The van der Waals surface area contributed by atoms with Gasteiger partial charge in [0.05, 0.1) is 65.8 Å². The Morgan fingerprint density at radius 1 is 1.05 bits per heavy atom. The molecule has 5 heterocycles. The lowest BCUT2D eigenvalue weighted by Crippen LogP contribution is -2.34. The molecule has 1 aliphatic heterocycles. The third-order valence-electron chi connectivity index (χ3n) is 6.57. The van der Waals surface area contributed by atoms with Crippen LogP contribution in [0.3, 0.4) is 0 Å². The second-order valence-corrected chi connectivity index (χ2v) is 10.5. The Kier molecular flexibility index (Phi) is 8.11. The van der Waals surface area contributed by atoms with Gasteiger partial charge >= 0.3 is 0 Å². The van der Waals surface area contributed by atoms with E-state index in [9.17, 15) is 9.59 Å². The Morgan fingerprint density at radius 2 is 1.87 bits per heavy atom. The summed E-state index contributed by atoms with van der Waals surface area (Å²) in [6.07, 6.45) is 13.5. The highest BCUT2D eigenvalue weighted by Gasteiger charge is 2.19. The largest absolute Gasteiger partial charge is 0.383 e. The summed E-state index contributed by atoms with van der Waals surface area (Å²) < 4.78 is 8.64. The molecular weight excluding hydrogens is 504 g/mol. The molecule has 2 amide bonds. The number of aromatic nitrogens is 5. The maximum Gasteiger partial charge on any atom is 0.260 e. The van der Waals surface area contributed by atoms with Gasteiger partial charge in [-0.25, -0.2) is 4.52 Å². The van der Waals surface area contributed by atoms with Crippen LogP contribution < -0.4 is 10.6 Å². The molecule has 200 valence electrons. The molecule has 12 heteroatoms. The van der Waals surface area contributed by atoms with Gasteiger partial charge in [-0.15, -0.1) is 11.3 Å². The second-order valence-electron chi connectivity index (χ2n) is 9.44. The molecule has 2 N–H and O–H groups in total. The zero-order valence-corrected chi connectivity index (χ0v) is 22.5. The van der Waals surface area contributed by atoms with Crippen molar-refractivity contribution in [2.75, 3.05) is 44.0 Å². The molecule has 0 radical (unpaired) electrons. The first kappa shape index (κ1) is 26.0. The molecule has 0 saturated carbocycles. The topological polar surface area (TPSA) is 119 Å².